The van der Waals surface area contributed by atoms with Gasteiger partial charge in [0.05, 0.1) is 6.10 Å². The Bertz CT molecular complexity index is 382. The molecule has 1 rings (SSSR count). The van der Waals surface area contributed by atoms with Crippen molar-refractivity contribution < 1.29 is 9.47 Å². The molecule has 2 atom stereocenters. The van der Waals surface area contributed by atoms with Crippen molar-refractivity contribution in [2.75, 3.05) is 23.9 Å². The van der Waals surface area contributed by atoms with Crippen molar-refractivity contribution in [1.29, 1.82) is 0 Å². The molecule has 1 heterocycles. The van der Waals surface area contributed by atoms with Gasteiger partial charge in [-0.15, -0.1) is 0 Å². The Morgan fingerprint density at radius 2 is 1.83 bits per heavy atom. The average molecular weight is 256 g/mol. The van der Waals surface area contributed by atoms with Crippen molar-refractivity contribution in [2.24, 2.45) is 0 Å². The van der Waals surface area contributed by atoms with Crippen LogP contribution in [0.3, 0.4) is 0 Å². The average Bonchev–Trinajstić information content (AvgIpc) is 2.27. The van der Waals surface area contributed by atoms with Gasteiger partial charge in [0.25, 0.3) is 0 Å². The largest absolute Gasteiger partial charge is 0.368 e. The molecule has 1 aromatic heterocycles. The summed E-state index contributed by atoms with van der Waals surface area (Å²) in [4.78, 5) is 11.5. The molecule has 0 fully saturated rings. The van der Waals surface area contributed by atoms with E-state index in [-0.39, 0.29) is 23.9 Å². The molecule has 0 aliphatic carbocycles. The number of anilines is 3. The first-order valence-corrected chi connectivity index (χ1v) is 5.66. The van der Waals surface area contributed by atoms with Crippen LogP contribution in [0, 0.1) is 0 Å². The number of rotatable bonds is 6. The molecular weight excluding hydrogens is 236 g/mol. The number of nitrogen functional groups attached to an aromatic ring is 2. The zero-order valence-electron chi connectivity index (χ0n) is 11.1. The van der Waals surface area contributed by atoms with E-state index in [0.717, 1.165) is 6.42 Å². The quantitative estimate of drug-likeness (QED) is 0.632. The minimum atomic E-state index is -1.06. The predicted molar refractivity (Wildman–Crippen MR) is 68.5 cm³/mol. The van der Waals surface area contributed by atoms with Crippen LogP contribution in [0.1, 0.15) is 27.2 Å². The highest BCUT2D eigenvalue weighted by Gasteiger charge is 2.28. The highest BCUT2D eigenvalue weighted by molar-refractivity contribution is 5.37. The lowest BCUT2D eigenvalue weighted by Crippen LogP contribution is -2.43. The second-order valence-corrected chi connectivity index (χ2v) is 3.99. The van der Waals surface area contributed by atoms with Crippen molar-refractivity contribution in [3.8, 4) is 0 Å². The molecule has 0 spiro atoms. The van der Waals surface area contributed by atoms with Crippen LogP contribution in [-0.4, -0.2) is 34.1 Å². The second kappa shape index (κ2) is 5.78. The smallest absolute Gasteiger partial charge is 0.248 e. The molecule has 102 valence electrons. The lowest BCUT2D eigenvalue weighted by Gasteiger charge is -2.31. The summed E-state index contributed by atoms with van der Waals surface area (Å²) in [5.74, 6) is -0.790. The normalized spacial score (nSPS) is 16.0. The maximum Gasteiger partial charge on any atom is 0.248 e. The number of nitrogens with two attached hydrogens (primary N) is 2. The van der Waals surface area contributed by atoms with Gasteiger partial charge < -0.3 is 26.3 Å². The Balaban J connectivity index is 2.84. The highest BCUT2D eigenvalue weighted by atomic mass is 16.7. The zero-order valence-corrected chi connectivity index (χ0v) is 11.1. The van der Waals surface area contributed by atoms with Crippen LogP contribution in [0.5, 0.6) is 0 Å². The van der Waals surface area contributed by atoms with Gasteiger partial charge in [0, 0.05) is 14.0 Å². The number of hydrogen-bond donors (Lipinski definition) is 3. The van der Waals surface area contributed by atoms with Crippen LogP contribution in [-0.2, 0) is 9.47 Å². The van der Waals surface area contributed by atoms with Gasteiger partial charge in [-0.25, -0.2) is 0 Å². The summed E-state index contributed by atoms with van der Waals surface area (Å²) in [7, 11) is 1.52. The first-order valence-electron chi connectivity index (χ1n) is 5.66. The van der Waals surface area contributed by atoms with Gasteiger partial charge in [-0.05, 0) is 13.3 Å². The SMILES string of the molecule is CCC(C)OC(C)(Nc1nc(N)nc(N)n1)OC. The molecule has 8 nitrogen and oxygen atoms in total. The molecule has 0 aliphatic heterocycles. The Morgan fingerprint density at radius 3 is 2.28 bits per heavy atom. The number of methoxy groups -OCH3 is 1. The molecule has 0 amide bonds. The monoisotopic (exact) mass is 256 g/mol. The fraction of sp³-hybridized carbons (Fsp3) is 0.700. The number of ether oxygens (including phenoxy) is 2. The Morgan fingerprint density at radius 1 is 1.28 bits per heavy atom. The van der Waals surface area contributed by atoms with Crippen molar-refractivity contribution in [1.82, 2.24) is 15.0 Å². The van der Waals surface area contributed by atoms with E-state index in [9.17, 15) is 0 Å². The van der Waals surface area contributed by atoms with E-state index >= 15 is 0 Å². The summed E-state index contributed by atoms with van der Waals surface area (Å²) in [6.45, 7) is 5.67. The van der Waals surface area contributed by atoms with Crippen LogP contribution in [0.4, 0.5) is 17.8 Å². The molecular formula is C10H20N6O2. The standard InChI is InChI=1S/C10H20N6O2/c1-5-6(2)18-10(3,17-4)16-9-14-7(11)13-8(12)15-9/h6H,5H2,1-4H3,(H5,11,12,13,14,15,16). The molecule has 0 saturated heterocycles. The summed E-state index contributed by atoms with van der Waals surface area (Å²) >= 11 is 0. The first kappa shape index (κ1) is 14.4. The topological polar surface area (TPSA) is 121 Å². The number of nitrogens with zero attached hydrogens (tertiary/aromatic N) is 3. The van der Waals surface area contributed by atoms with Crippen molar-refractivity contribution in [3.63, 3.8) is 0 Å². The maximum atomic E-state index is 5.70. The van der Waals surface area contributed by atoms with E-state index in [0.29, 0.717) is 0 Å². The minimum absolute atomic E-state index is 0.0129. The molecule has 8 heteroatoms. The van der Waals surface area contributed by atoms with Crippen LogP contribution in [0.25, 0.3) is 0 Å². The number of hydrogen-bond acceptors (Lipinski definition) is 8. The Hall–Kier alpha value is -1.67. The van der Waals surface area contributed by atoms with Crippen LogP contribution in [0.2, 0.25) is 0 Å². The fourth-order valence-corrected chi connectivity index (χ4v) is 1.26. The Labute approximate surface area is 106 Å². The summed E-state index contributed by atoms with van der Waals surface area (Å²) < 4.78 is 11.0. The molecule has 2 unspecified atom stereocenters. The van der Waals surface area contributed by atoms with Gasteiger partial charge >= 0.3 is 0 Å². The van der Waals surface area contributed by atoms with Crippen molar-refractivity contribution in [2.45, 2.75) is 39.2 Å². The lowest BCUT2D eigenvalue weighted by molar-refractivity contribution is -0.213. The van der Waals surface area contributed by atoms with E-state index in [1.165, 1.54) is 7.11 Å². The summed E-state index contributed by atoms with van der Waals surface area (Å²) in [5.41, 5.74) is 11.0. The minimum Gasteiger partial charge on any atom is -0.368 e. The zero-order chi connectivity index (χ0) is 13.8. The van der Waals surface area contributed by atoms with E-state index in [4.69, 9.17) is 20.9 Å². The van der Waals surface area contributed by atoms with Crippen molar-refractivity contribution in [3.05, 3.63) is 0 Å². The summed E-state index contributed by atoms with van der Waals surface area (Å²) in [6.07, 6.45) is 0.862. The summed E-state index contributed by atoms with van der Waals surface area (Å²) in [5, 5.41) is 2.89. The van der Waals surface area contributed by atoms with E-state index < -0.39 is 5.91 Å². The molecule has 0 aliphatic rings. The van der Waals surface area contributed by atoms with E-state index in [2.05, 4.69) is 20.3 Å². The fourth-order valence-electron chi connectivity index (χ4n) is 1.26. The highest BCUT2D eigenvalue weighted by Crippen LogP contribution is 2.18. The third kappa shape index (κ3) is 3.97. The van der Waals surface area contributed by atoms with Gasteiger partial charge in [-0.2, -0.15) is 15.0 Å². The molecule has 18 heavy (non-hydrogen) atoms. The molecule has 0 radical (unpaired) electrons. The van der Waals surface area contributed by atoms with Crippen LogP contribution in [0.15, 0.2) is 0 Å². The van der Waals surface area contributed by atoms with Gasteiger partial charge in [0.2, 0.25) is 23.8 Å². The third-order valence-electron chi connectivity index (χ3n) is 2.40. The second-order valence-electron chi connectivity index (χ2n) is 3.99. The van der Waals surface area contributed by atoms with Gasteiger partial charge in [0.1, 0.15) is 0 Å². The van der Waals surface area contributed by atoms with Crippen LogP contribution < -0.4 is 16.8 Å². The molecule has 0 bridgehead atoms. The molecule has 0 saturated carbocycles. The maximum absolute atomic E-state index is 5.70. The third-order valence-corrected chi connectivity index (χ3v) is 2.40. The molecule has 5 N–H and O–H groups in total. The van der Waals surface area contributed by atoms with Crippen molar-refractivity contribution >= 4 is 17.8 Å². The number of nitrogens with one attached hydrogen (secondary N) is 1. The van der Waals surface area contributed by atoms with Gasteiger partial charge in [0.15, 0.2) is 0 Å². The van der Waals surface area contributed by atoms with E-state index in [1.54, 1.807) is 6.92 Å². The van der Waals surface area contributed by atoms with E-state index in [1.807, 2.05) is 13.8 Å². The molecule has 0 aromatic carbocycles. The number of aromatic nitrogens is 3. The van der Waals surface area contributed by atoms with Crippen LogP contribution >= 0.6 is 0 Å². The van der Waals surface area contributed by atoms with Gasteiger partial charge in [-0.1, -0.05) is 6.92 Å². The molecule has 1 aromatic rings. The summed E-state index contributed by atoms with van der Waals surface area (Å²) in [6, 6.07) is 0. The van der Waals surface area contributed by atoms with Gasteiger partial charge in [-0.3, -0.25) is 0 Å². The lowest BCUT2D eigenvalue weighted by atomic mass is 10.3. The Kier molecular flexibility index (Phi) is 4.62. The first-order chi connectivity index (χ1) is 8.38. The predicted octanol–water partition coefficient (Wildman–Crippen LogP) is 0.583.